The van der Waals surface area contributed by atoms with E-state index in [4.69, 9.17) is 4.74 Å². The van der Waals surface area contributed by atoms with Crippen molar-refractivity contribution >= 4 is 0 Å². The maximum atomic E-state index is 6.24. The zero-order valence-corrected chi connectivity index (χ0v) is 17.3. The molecule has 0 aromatic carbocycles. The van der Waals surface area contributed by atoms with Crippen LogP contribution in [0.3, 0.4) is 0 Å². The Kier molecular flexibility index (Phi) is 3.60. The van der Waals surface area contributed by atoms with E-state index in [0.29, 0.717) is 22.3 Å². The summed E-state index contributed by atoms with van der Waals surface area (Å²) in [6.45, 7) is 10.3. The quantitative estimate of drug-likeness (QED) is 0.582. The molecule has 0 aromatic rings. The molecule has 1 nitrogen and oxygen atoms in total. The van der Waals surface area contributed by atoms with Crippen molar-refractivity contribution in [2.75, 3.05) is 7.11 Å². The average Bonchev–Trinajstić information content (AvgIpc) is 3.12. The number of ether oxygens (including phenoxy) is 1. The lowest BCUT2D eigenvalue weighted by molar-refractivity contribution is -0.161. The van der Waals surface area contributed by atoms with Gasteiger partial charge in [0.25, 0.3) is 0 Å². The van der Waals surface area contributed by atoms with Gasteiger partial charge in [-0.05, 0) is 97.7 Å². The van der Waals surface area contributed by atoms with Crippen molar-refractivity contribution < 1.29 is 4.74 Å². The number of hydrogen-bond donors (Lipinski definition) is 0. The lowest BCUT2D eigenvalue weighted by Crippen LogP contribution is -2.57. The minimum absolute atomic E-state index is 0.566. The van der Waals surface area contributed by atoms with Crippen molar-refractivity contribution in [2.24, 2.45) is 51.8 Å². The number of fused-ring (bicyclic) bond motifs is 4. The summed E-state index contributed by atoms with van der Waals surface area (Å²) in [5, 5.41) is 0. The van der Waals surface area contributed by atoms with Gasteiger partial charge >= 0.3 is 0 Å². The first-order chi connectivity index (χ1) is 11.9. The van der Waals surface area contributed by atoms with Gasteiger partial charge in [-0.25, -0.2) is 0 Å². The smallest absolute Gasteiger partial charge is 0.0638 e. The Morgan fingerprint density at radius 1 is 1.04 bits per heavy atom. The molecular formula is C24H40O. The highest BCUT2D eigenvalue weighted by Gasteiger charge is 2.77. The van der Waals surface area contributed by atoms with Gasteiger partial charge in [0.05, 0.1) is 6.10 Å². The van der Waals surface area contributed by atoms with Crippen LogP contribution in [-0.2, 0) is 4.74 Å². The fourth-order valence-electron chi connectivity index (χ4n) is 9.84. The molecule has 5 rings (SSSR count). The van der Waals surface area contributed by atoms with E-state index in [1.165, 1.54) is 57.8 Å². The summed E-state index contributed by atoms with van der Waals surface area (Å²) in [4.78, 5) is 0. The Balaban J connectivity index is 1.49. The Bertz CT molecular complexity index is 556. The van der Waals surface area contributed by atoms with Crippen molar-refractivity contribution in [1.29, 1.82) is 0 Å². The van der Waals surface area contributed by atoms with Crippen LogP contribution in [-0.4, -0.2) is 13.2 Å². The van der Waals surface area contributed by atoms with Crippen LogP contribution in [0.25, 0.3) is 0 Å². The average molecular weight is 345 g/mol. The standard InChI is InChI=1S/C24H40O/c1-6-15(2)18-7-8-19-17-13-21(25-5)24-14-16(24)9-12-23(24,4)20(17)10-11-22(18,19)3/h15-21H,6-14H2,1-5H3/t15-,16?,17+,18-,19+,20+,21-,22-,23-,24+/m1/s1. The van der Waals surface area contributed by atoms with Gasteiger partial charge in [0.15, 0.2) is 0 Å². The van der Waals surface area contributed by atoms with Gasteiger partial charge in [0, 0.05) is 12.5 Å². The number of hydrogen-bond acceptors (Lipinski definition) is 1. The molecule has 0 radical (unpaired) electrons. The van der Waals surface area contributed by atoms with Crippen molar-refractivity contribution in [1.82, 2.24) is 0 Å². The first kappa shape index (κ1) is 17.1. The minimum Gasteiger partial charge on any atom is -0.381 e. The molecule has 0 amide bonds. The molecule has 0 heterocycles. The zero-order valence-electron chi connectivity index (χ0n) is 17.3. The highest BCUT2D eigenvalue weighted by molar-refractivity contribution is 5.26. The van der Waals surface area contributed by atoms with Crippen LogP contribution in [0, 0.1) is 51.8 Å². The van der Waals surface area contributed by atoms with E-state index in [1.807, 2.05) is 7.11 Å². The van der Waals surface area contributed by atoms with Crippen LogP contribution in [0.2, 0.25) is 0 Å². The molecule has 5 aliphatic carbocycles. The Morgan fingerprint density at radius 2 is 1.84 bits per heavy atom. The lowest BCUT2D eigenvalue weighted by Gasteiger charge is -2.61. The summed E-state index contributed by atoms with van der Waals surface area (Å²) >= 11 is 0. The van der Waals surface area contributed by atoms with Crippen LogP contribution in [0.15, 0.2) is 0 Å². The molecular weight excluding hydrogens is 304 g/mol. The molecule has 5 aliphatic rings. The van der Waals surface area contributed by atoms with Gasteiger partial charge in [-0.15, -0.1) is 0 Å². The van der Waals surface area contributed by atoms with Crippen LogP contribution in [0.4, 0.5) is 0 Å². The van der Waals surface area contributed by atoms with Crippen LogP contribution < -0.4 is 0 Å². The molecule has 1 heteroatoms. The maximum absolute atomic E-state index is 6.24. The molecule has 5 fully saturated rings. The lowest BCUT2D eigenvalue weighted by atomic mass is 9.45. The van der Waals surface area contributed by atoms with Gasteiger partial charge in [-0.2, -0.15) is 0 Å². The van der Waals surface area contributed by atoms with Crippen LogP contribution in [0.5, 0.6) is 0 Å². The van der Waals surface area contributed by atoms with Crippen molar-refractivity contribution in [2.45, 2.75) is 91.6 Å². The molecule has 0 saturated heterocycles. The Labute approximate surface area is 155 Å². The van der Waals surface area contributed by atoms with E-state index >= 15 is 0 Å². The van der Waals surface area contributed by atoms with E-state index in [-0.39, 0.29) is 0 Å². The Morgan fingerprint density at radius 3 is 2.52 bits per heavy atom. The predicted molar refractivity (Wildman–Crippen MR) is 103 cm³/mol. The topological polar surface area (TPSA) is 9.23 Å². The van der Waals surface area contributed by atoms with E-state index < -0.39 is 0 Å². The minimum atomic E-state index is 0.566. The molecule has 0 aliphatic heterocycles. The molecule has 1 unspecified atom stereocenters. The van der Waals surface area contributed by atoms with Crippen LogP contribution >= 0.6 is 0 Å². The monoisotopic (exact) mass is 344 g/mol. The molecule has 0 N–H and O–H groups in total. The Hall–Kier alpha value is -0.0400. The summed E-state index contributed by atoms with van der Waals surface area (Å²) in [7, 11) is 2.02. The molecule has 10 atom stereocenters. The molecule has 0 aromatic heterocycles. The third-order valence-electron chi connectivity index (χ3n) is 11.2. The van der Waals surface area contributed by atoms with E-state index in [9.17, 15) is 0 Å². The first-order valence-electron chi connectivity index (χ1n) is 11.4. The highest BCUT2D eigenvalue weighted by Crippen LogP contribution is 2.82. The summed E-state index contributed by atoms with van der Waals surface area (Å²) < 4.78 is 6.24. The molecule has 25 heavy (non-hydrogen) atoms. The summed E-state index contributed by atoms with van der Waals surface area (Å²) in [6, 6.07) is 0. The second kappa shape index (κ2) is 5.27. The first-order valence-corrected chi connectivity index (χ1v) is 11.4. The fourth-order valence-corrected chi connectivity index (χ4v) is 9.84. The third-order valence-corrected chi connectivity index (χ3v) is 11.2. The summed E-state index contributed by atoms with van der Waals surface area (Å²) in [5.74, 6) is 5.83. The fraction of sp³-hybridized carbons (Fsp3) is 1.00. The van der Waals surface area contributed by atoms with Gasteiger partial charge in [-0.1, -0.05) is 34.1 Å². The normalized spacial score (nSPS) is 60.4. The molecule has 0 bridgehead atoms. The second-order valence-corrected chi connectivity index (χ2v) is 11.3. The molecule has 1 spiro atoms. The molecule has 142 valence electrons. The molecule has 5 saturated carbocycles. The number of methoxy groups -OCH3 is 1. The third kappa shape index (κ3) is 1.85. The summed E-state index contributed by atoms with van der Waals surface area (Å²) in [6.07, 6.45) is 13.9. The SMILES string of the molecule is CC[C@@H](C)[C@H]1CC[C@H]2[C@@H]3C[C@@H](OC)[C@]45CC4CC[C@]5(C)[C@H]3CC[C@]12C. The van der Waals surface area contributed by atoms with Gasteiger partial charge < -0.3 is 4.74 Å². The summed E-state index contributed by atoms with van der Waals surface area (Å²) in [5.41, 5.74) is 1.81. The van der Waals surface area contributed by atoms with Crippen molar-refractivity contribution in [3.8, 4) is 0 Å². The van der Waals surface area contributed by atoms with E-state index in [2.05, 4.69) is 27.7 Å². The van der Waals surface area contributed by atoms with Gasteiger partial charge in [0.1, 0.15) is 0 Å². The van der Waals surface area contributed by atoms with Crippen molar-refractivity contribution in [3.05, 3.63) is 0 Å². The number of rotatable bonds is 3. The highest BCUT2D eigenvalue weighted by atomic mass is 16.5. The predicted octanol–water partition coefficient (Wildman–Crippen LogP) is 6.32. The van der Waals surface area contributed by atoms with Crippen molar-refractivity contribution in [3.63, 3.8) is 0 Å². The zero-order chi connectivity index (χ0) is 17.6. The maximum Gasteiger partial charge on any atom is 0.0638 e. The second-order valence-electron chi connectivity index (χ2n) is 11.3. The largest absolute Gasteiger partial charge is 0.381 e. The van der Waals surface area contributed by atoms with Crippen LogP contribution in [0.1, 0.15) is 85.5 Å². The van der Waals surface area contributed by atoms with E-state index in [0.717, 1.165) is 35.5 Å². The van der Waals surface area contributed by atoms with Gasteiger partial charge in [-0.3, -0.25) is 0 Å². The van der Waals surface area contributed by atoms with E-state index in [1.54, 1.807) is 0 Å². The van der Waals surface area contributed by atoms with Gasteiger partial charge in [0.2, 0.25) is 0 Å².